The molecule has 0 aromatic carbocycles. The molecule has 2 aromatic rings. The van der Waals surface area contributed by atoms with Gasteiger partial charge in [0.25, 0.3) is 0 Å². The van der Waals surface area contributed by atoms with E-state index in [-0.39, 0.29) is 29.8 Å². The van der Waals surface area contributed by atoms with E-state index in [0.717, 1.165) is 45.0 Å². The summed E-state index contributed by atoms with van der Waals surface area (Å²) in [4.78, 5) is 8.13. The van der Waals surface area contributed by atoms with Gasteiger partial charge in [0.05, 0.1) is 24.0 Å². The van der Waals surface area contributed by atoms with Crippen LogP contribution in [0.2, 0.25) is 0 Å². The molecular formula is C19H25F3N6O. The number of alkyl halides is 3. The summed E-state index contributed by atoms with van der Waals surface area (Å²) in [5.74, 6) is 0.202. The zero-order valence-electron chi connectivity index (χ0n) is 16.0. The topological polar surface area (TPSA) is 87.9 Å². The summed E-state index contributed by atoms with van der Waals surface area (Å²) in [5.41, 5.74) is -0.711. The molecule has 0 unspecified atom stereocenters. The maximum Gasteiger partial charge on any atom is 0.419 e. The number of piperidine rings is 1. The van der Waals surface area contributed by atoms with E-state index in [2.05, 4.69) is 25.7 Å². The molecule has 1 aliphatic heterocycles. The molecule has 1 aliphatic carbocycles. The number of aromatic nitrogens is 4. The molecule has 29 heavy (non-hydrogen) atoms. The lowest BCUT2D eigenvalue weighted by atomic mass is 9.93. The zero-order chi connectivity index (χ0) is 20.4. The van der Waals surface area contributed by atoms with Gasteiger partial charge in [0.15, 0.2) is 0 Å². The van der Waals surface area contributed by atoms with Gasteiger partial charge in [-0.25, -0.2) is 9.97 Å². The lowest BCUT2D eigenvalue weighted by Gasteiger charge is -2.25. The first-order chi connectivity index (χ1) is 13.9. The van der Waals surface area contributed by atoms with E-state index in [4.69, 9.17) is 0 Å². The minimum atomic E-state index is -4.56. The van der Waals surface area contributed by atoms with E-state index in [1.54, 1.807) is 10.9 Å². The molecule has 0 spiro atoms. The number of rotatable bonds is 4. The fraction of sp³-hybridized carbons (Fsp3) is 0.632. The van der Waals surface area contributed by atoms with Gasteiger partial charge in [0.1, 0.15) is 5.56 Å². The molecular weight excluding hydrogens is 385 g/mol. The average molecular weight is 410 g/mol. The number of hydrogen-bond donors (Lipinski definition) is 3. The van der Waals surface area contributed by atoms with Crippen molar-refractivity contribution in [1.29, 1.82) is 0 Å². The van der Waals surface area contributed by atoms with Gasteiger partial charge >= 0.3 is 6.18 Å². The Morgan fingerprint density at radius 1 is 1.07 bits per heavy atom. The second-order valence-electron chi connectivity index (χ2n) is 7.79. The number of hydrogen-bond acceptors (Lipinski definition) is 6. The first kappa shape index (κ1) is 20.1. The number of aliphatic hydroxyl groups is 1. The maximum atomic E-state index is 13.6. The van der Waals surface area contributed by atoms with Crippen LogP contribution < -0.4 is 10.6 Å². The van der Waals surface area contributed by atoms with Crippen LogP contribution in [0.3, 0.4) is 0 Å². The molecule has 2 aromatic heterocycles. The minimum absolute atomic E-state index is 0.0793. The predicted molar refractivity (Wildman–Crippen MR) is 101 cm³/mol. The molecule has 0 radical (unpaired) electrons. The van der Waals surface area contributed by atoms with E-state index in [0.29, 0.717) is 18.4 Å². The first-order valence-corrected chi connectivity index (χ1v) is 10.0. The lowest BCUT2D eigenvalue weighted by molar-refractivity contribution is -0.137. The van der Waals surface area contributed by atoms with Crippen molar-refractivity contribution in [2.45, 2.75) is 62.9 Å². The number of nitrogens with one attached hydrogen (secondary N) is 2. The van der Waals surface area contributed by atoms with Crippen LogP contribution in [0.5, 0.6) is 0 Å². The third kappa shape index (κ3) is 4.69. The van der Waals surface area contributed by atoms with Crippen molar-refractivity contribution < 1.29 is 18.3 Å². The summed E-state index contributed by atoms with van der Waals surface area (Å²) in [6.07, 6.45) is 3.61. The summed E-state index contributed by atoms with van der Waals surface area (Å²) in [6, 6.07) is 0.216. The van der Waals surface area contributed by atoms with E-state index < -0.39 is 11.7 Å². The zero-order valence-corrected chi connectivity index (χ0v) is 16.0. The standard InChI is InChI=1S/C19H25F3N6O/c20-19(21,22)16-10-24-18(26-13-5-7-23-8-6-13)27-17(16)12-9-25-28(11-12)14-1-3-15(29)4-2-14/h9-11,13-15,23,29H,1-8H2,(H,24,26,27). The summed E-state index contributed by atoms with van der Waals surface area (Å²) >= 11 is 0. The molecule has 3 N–H and O–H groups in total. The van der Waals surface area contributed by atoms with E-state index in [1.165, 1.54) is 6.20 Å². The van der Waals surface area contributed by atoms with Gasteiger partial charge in [-0.15, -0.1) is 0 Å². The fourth-order valence-corrected chi connectivity index (χ4v) is 4.01. The number of anilines is 1. The van der Waals surface area contributed by atoms with Crippen LogP contribution in [-0.2, 0) is 6.18 Å². The Balaban J connectivity index is 1.61. The van der Waals surface area contributed by atoms with Gasteiger partial charge in [0.2, 0.25) is 5.95 Å². The van der Waals surface area contributed by atoms with Crippen molar-refractivity contribution in [3.8, 4) is 11.3 Å². The van der Waals surface area contributed by atoms with Gasteiger partial charge in [-0.1, -0.05) is 0 Å². The average Bonchev–Trinajstić information content (AvgIpc) is 3.18. The van der Waals surface area contributed by atoms with E-state index in [1.807, 2.05) is 0 Å². The quantitative estimate of drug-likeness (QED) is 0.718. The number of halogens is 3. The lowest BCUT2D eigenvalue weighted by Crippen LogP contribution is -2.35. The van der Waals surface area contributed by atoms with Crippen LogP contribution in [0.1, 0.15) is 50.1 Å². The monoisotopic (exact) mass is 410 g/mol. The molecule has 0 atom stereocenters. The van der Waals surface area contributed by atoms with Gasteiger partial charge in [-0.2, -0.15) is 18.3 Å². The third-order valence-electron chi connectivity index (χ3n) is 5.68. The third-order valence-corrected chi connectivity index (χ3v) is 5.68. The molecule has 2 aliphatic rings. The molecule has 4 rings (SSSR count). The molecule has 1 saturated carbocycles. The Morgan fingerprint density at radius 3 is 2.48 bits per heavy atom. The summed E-state index contributed by atoms with van der Waals surface area (Å²) < 4.78 is 42.4. The van der Waals surface area contributed by atoms with Crippen LogP contribution >= 0.6 is 0 Å². The van der Waals surface area contributed by atoms with E-state index in [9.17, 15) is 18.3 Å². The molecule has 3 heterocycles. The van der Waals surface area contributed by atoms with Crippen LogP contribution in [-0.4, -0.2) is 50.1 Å². The van der Waals surface area contributed by atoms with Gasteiger partial charge < -0.3 is 15.7 Å². The number of nitrogens with zero attached hydrogens (tertiary/aromatic N) is 4. The van der Waals surface area contributed by atoms with Crippen LogP contribution in [0.4, 0.5) is 19.1 Å². The Hall–Kier alpha value is -2.20. The smallest absolute Gasteiger partial charge is 0.393 e. The fourth-order valence-electron chi connectivity index (χ4n) is 4.01. The second-order valence-corrected chi connectivity index (χ2v) is 7.79. The van der Waals surface area contributed by atoms with Crippen molar-refractivity contribution in [1.82, 2.24) is 25.1 Å². The second kappa shape index (κ2) is 8.27. The molecule has 1 saturated heterocycles. The predicted octanol–water partition coefficient (Wildman–Crippen LogP) is 3.00. The van der Waals surface area contributed by atoms with Gasteiger partial charge in [-0.05, 0) is 51.6 Å². The van der Waals surface area contributed by atoms with Crippen molar-refractivity contribution in [3.05, 3.63) is 24.2 Å². The molecule has 0 amide bonds. The van der Waals surface area contributed by atoms with Gasteiger partial charge in [-0.3, -0.25) is 4.68 Å². The Morgan fingerprint density at radius 2 is 1.79 bits per heavy atom. The highest BCUT2D eigenvalue weighted by Crippen LogP contribution is 2.37. The maximum absolute atomic E-state index is 13.6. The minimum Gasteiger partial charge on any atom is -0.393 e. The van der Waals surface area contributed by atoms with Crippen molar-refractivity contribution in [2.24, 2.45) is 0 Å². The van der Waals surface area contributed by atoms with E-state index >= 15 is 0 Å². The highest BCUT2D eigenvalue weighted by Gasteiger charge is 2.36. The Kier molecular flexibility index (Phi) is 5.73. The molecule has 7 nitrogen and oxygen atoms in total. The first-order valence-electron chi connectivity index (χ1n) is 10.0. The normalized spacial score (nSPS) is 23.9. The highest BCUT2D eigenvalue weighted by atomic mass is 19.4. The van der Waals surface area contributed by atoms with Crippen molar-refractivity contribution in [3.63, 3.8) is 0 Å². The van der Waals surface area contributed by atoms with Crippen LogP contribution in [0.25, 0.3) is 11.3 Å². The molecule has 158 valence electrons. The number of aliphatic hydroxyl groups excluding tert-OH is 1. The van der Waals surface area contributed by atoms with Crippen LogP contribution in [0.15, 0.2) is 18.6 Å². The molecule has 2 fully saturated rings. The SMILES string of the molecule is OC1CCC(n2cc(-c3nc(NC4CCNCC4)ncc3C(F)(F)F)cn2)CC1. The van der Waals surface area contributed by atoms with Gasteiger partial charge in [0, 0.05) is 24.0 Å². The summed E-state index contributed by atoms with van der Waals surface area (Å²) in [5, 5.41) is 20.4. The summed E-state index contributed by atoms with van der Waals surface area (Å²) in [7, 11) is 0. The van der Waals surface area contributed by atoms with Crippen molar-refractivity contribution >= 4 is 5.95 Å². The van der Waals surface area contributed by atoms with Crippen LogP contribution in [0, 0.1) is 0 Å². The Bertz CT molecular complexity index is 826. The molecule has 10 heteroatoms. The highest BCUT2D eigenvalue weighted by molar-refractivity contribution is 5.63. The largest absolute Gasteiger partial charge is 0.419 e. The molecule has 0 bridgehead atoms. The Labute approximate surface area is 166 Å². The summed E-state index contributed by atoms with van der Waals surface area (Å²) in [6.45, 7) is 1.71. The van der Waals surface area contributed by atoms with Crippen molar-refractivity contribution in [2.75, 3.05) is 18.4 Å².